The van der Waals surface area contributed by atoms with Crippen LogP contribution < -0.4 is 4.80 Å². The van der Waals surface area contributed by atoms with Gasteiger partial charge in [-0.25, -0.2) is 4.79 Å². The van der Waals surface area contributed by atoms with E-state index in [1.807, 2.05) is 29.0 Å². The van der Waals surface area contributed by atoms with E-state index in [1.165, 1.54) is 11.3 Å². The molecule has 2 aromatic rings. The molecular weight excluding hydrogens is 286 g/mol. The van der Waals surface area contributed by atoms with Gasteiger partial charge in [-0.1, -0.05) is 13.0 Å². The lowest BCUT2D eigenvalue weighted by Gasteiger charge is -2.07. The quantitative estimate of drug-likeness (QED) is 0.875. The van der Waals surface area contributed by atoms with E-state index in [2.05, 4.69) is 11.1 Å². The van der Waals surface area contributed by atoms with Gasteiger partial charge in [0.05, 0.1) is 18.2 Å². The molecule has 2 rings (SSSR count). The van der Waals surface area contributed by atoms with Gasteiger partial charge in [0.25, 0.3) is 0 Å². The van der Waals surface area contributed by atoms with Gasteiger partial charge in [0.1, 0.15) is 0 Å². The molecule has 0 aliphatic rings. The normalized spacial score (nSPS) is 11.2. The summed E-state index contributed by atoms with van der Waals surface area (Å²) in [6, 6.07) is 9.33. The fraction of sp³-hybridized carbons (Fsp3) is 0.267. The lowest BCUT2D eigenvalue weighted by molar-refractivity contribution is 0.162. The Kier molecular flexibility index (Phi) is 4.90. The first-order valence-electron chi connectivity index (χ1n) is 6.61. The second kappa shape index (κ2) is 6.86. The lowest BCUT2D eigenvalue weighted by atomic mass is 10.2. The Morgan fingerprint density at radius 3 is 2.95 bits per heavy atom. The van der Waals surface area contributed by atoms with Crippen LogP contribution in [0.25, 0.3) is 5.69 Å². The van der Waals surface area contributed by atoms with Crippen LogP contribution in [0.4, 0.5) is 4.79 Å². The summed E-state index contributed by atoms with van der Waals surface area (Å²) in [5.41, 5.74) is 2.41. The Hall–Kier alpha value is -2.39. The van der Waals surface area contributed by atoms with Crippen LogP contribution in [0.3, 0.4) is 0 Å². The zero-order valence-electron chi connectivity index (χ0n) is 11.9. The van der Waals surface area contributed by atoms with Crippen molar-refractivity contribution in [3.05, 3.63) is 45.7 Å². The standard InChI is InChI=1S/C15H15N3O2S/c1-3-12-10-21-14(17-15(19)20-4-2)18(12)13-7-5-6-11(8-13)9-16/h5-8,10H,3-4H2,1-2H3/b17-14-. The van der Waals surface area contributed by atoms with Crippen LogP contribution in [0, 0.1) is 11.3 Å². The molecule has 6 heteroatoms. The summed E-state index contributed by atoms with van der Waals surface area (Å²) in [6.07, 6.45) is 0.193. The summed E-state index contributed by atoms with van der Waals surface area (Å²) < 4.78 is 6.74. The minimum absolute atomic E-state index is 0.290. The summed E-state index contributed by atoms with van der Waals surface area (Å²) in [7, 11) is 0. The van der Waals surface area contributed by atoms with Gasteiger partial charge >= 0.3 is 6.09 Å². The highest BCUT2D eigenvalue weighted by atomic mass is 32.1. The Bertz CT molecular complexity index is 753. The van der Waals surface area contributed by atoms with Crippen molar-refractivity contribution < 1.29 is 9.53 Å². The second-order valence-electron chi connectivity index (χ2n) is 4.17. The van der Waals surface area contributed by atoms with Crippen LogP contribution in [-0.4, -0.2) is 17.3 Å². The summed E-state index contributed by atoms with van der Waals surface area (Å²) in [6.45, 7) is 4.06. The third-order valence-electron chi connectivity index (χ3n) is 2.83. The third-order valence-corrected chi connectivity index (χ3v) is 3.70. The number of hydrogen-bond acceptors (Lipinski definition) is 4. The van der Waals surface area contributed by atoms with Gasteiger partial charge in [0.2, 0.25) is 4.80 Å². The molecule has 0 aliphatic heterocycles. The largest absolute Gasteiger partial charge is 0.448 e. The van der Waals surface area contributed by atoms with E-state index in [-0.39, 0.29) is 6.61 Å². The first-order chi connectivity index (χ1) is 10.2. The van der Waals surface area contributed by atoms with E-state index in [0.717, 1.165) is 17.8 Å². The van der Waals surface area contributed by atoms with Crippen LogP contribution in [0.2, 0.25) is 0 Å². The summed E-state index contributed by atoms with van der Waals surface area (Å²) in [5.74, 6) is 0. The van der Waals surface area contributed by atoms with Crippen LogP contribution in [0.5, 0.6) is 0 Å². The zero-order chi connectivity index (χ0) is 15.2. The van der Waals surface area contributed by atoms with Gasteiger partial charge in [-0.2, -0.15) is 5.26 Å². The number of nitrogens with zero attached hydrogens (tertiary/aromatic N) is 3. The molecule has 5 nitrogen and oxygen atoms in total. The number of hydrogen-bond donors (Lipinski definition) is 0. The number of rotatable bonds is 3. The molecule has 0 atom stereocenters. The van der Waals surface area contributed by atoms with E-state index in [1.54, 1.807) is 19.1 Å². The van der Waals surface area contributed by atoms with E-state index in [9.17, 15) is 4.79 Å². The van der Waals surface area contributed by atoms with Crippen molar-refractivity contribution in [2.24, 2.45) is 4.99 Å². The summed E-state index contributed by atoms with van der Waals surface area (Å²) in [4.78, 5) is 16.1. The highest BCUT2D eigenvalue weighted by Crippen LogP contribution is 2.14. The zero-order valence-corrected chi connectivity index (χ0v) is 12.7. The van der Waals surface area contributed by atoms with E-state index in [0.29, 0.717) is 10.4 Å². The van der Waals surface area contributed by atoms with Crippen LogP contribution in [0.1, 0.15) is 25.1 Å². The van der Waals surface area contributed by atoms with Crippen molar-refractivity contribution in [3.8, 4) is 11.8 Å². The molecule has 1 aromatic carbocycles. The fourth-order valence-corrected chi connectivity index (χ4v) is 2.86. The molecule has 0 aliphatic carbocycles. The average molecular weight is 301 g/mol. The van der Waals surface area contributed by atoms with Gasteiger partial charge < -0.3 is 4.74 Å². The predicted octanol–water partition coefficient (Wildman–Crippen LogP) is 3.03. The molecule has 21 heavy (non-hydrogen) atoms. The highest BCUT2D eigenvalue weighted by molar-refractivity contribution is 7.07. The van der Waals surface area contributed by atoms with Crippen molar-refractivity contribution in [1.82, 2.24) is 4.57 Å². The molecule has 0 radical (unpaired) electrons. The number of aromatic nitrogens is 1. The topological polar surface area (TPSA) is 67.4 Å². The van der Waals surface area contributed by atoms with Crippen LogP contribution >= 0.6 is 11.3 Å². The SMILES string of the molecule is CCOC(=O)/N=c1\scc(CC)n1-c1cccc(C#N)c1. The van der Waals surface area contributed by atoms with Crippen molar-refractivity contribution in [3.63, 3.8) is 0 Å². The molecule has 1 aromatic heterocycles. The van der Waals surface area contributed by atoms with E-state index < -0.39 is 6.09 Å². The Morgan fingerprint density at radius 1 is 1.48 bits per heavy atom. The summed E-state index contributed by atoms with van der Waals surface area (Å²) in [5, 5.41) is 11.0. The van der Waals surface area contributed by atoms with Crippen molar-refractivity contribution >= 4 is 17.4 Å². The minimum Gasteiger partial charge on any atom is -0.448 e. The molecule has 0 spiro atoms. The molecule has 0 saturated heterocycles. The molecule has 0 unspecified atom stereocenters. The molecule has 0 N–H and O–H groups in total. The molecular formula is C15H15N3O2S. The number of ether oxygens (including phenoxy) is 1. The third kappa shape index (κ3) is 3.38. The van der Waals surface area contributed by atoms with Crippen molar-refractivity contribution in [1.29, 1.82) is 5.26 Å². The molecule has 0 fully saturated rings. The molecule has 0 saturated carbocycles. The van der Waals surface area contributed by atoms with E-state index >= 15 is 0 Å². The number of aryl methyl sites for hydroxylation is 1. The number of benzene rings is 1. The minimum atomic E-state index is -0.604. The fourth-order valence-electron chi connectivity index (χ4n) is 1.89. The first-order valence-corrected chi connectivity index (χ1v) is 7.49. The van der Waals surface area contributed by atoms with Gasteiger partial charge in [-0.15, -0.1) is 16.3 Å². The maximum absolute atomic E-state index is 11.6. The Balaban J connectivity index is 2.58. The van der Waals surface area contributed by atoms with Gasteiger partial charge in [0.15, 0.2) is 0 Å². The average Bonchev–Trinajstić information content (AvgIpc) is 2.90. The number of amides is 1. The molecule has 1 heterocycles. The molecule has 0 bridgehead atoms. The van der Waals surface area contributed by atoms with Crippen molar-refractivity contribution in [2.45, 2.75) is 20.3 Å². The Labute approximate surface area is 126 Å². The second-order valence-corrected chi connectivity index (χ2v) is 5.01. The smallest absolute Gasteiger partial charge is 0.436 e. The van der Waals surface area contributed by atoms with Gasteiger partial charge in [-0.05, 0) is 31.5 Å². The number of carbonyl (C=O) groups is 1. The number of thiazole rings is 1. The number of carbonyl (C=O) groups excluding carboxylic acids is 1. The Morgan fingerprint density at radius 2 is 2.29 bits per heavy atom. The maximum Gasteiger partial charge on any atom is 0.436 e. The van der Waals surface area contributed by atoms with Gasteiger partial charge in [-0.3, -0.25) is 4.57 Å². The monoisotopic (exact) mass is 301 g/mol. The molecule has 108 valence electrons. The van der Waals surface area contributed by atoms with Crippen LogP contribution in [-0.2, 0) is 11.2 Å². The molecule has 1 amide bonds. The van der Waals surface area contributed by atoms with E-state index in [4.69, 9.17) is 10.00 Å². The number of nitriles is 1. The maximum atomic E-state index is 11.6. The van der Waals surface area contributed by atoms with Crippen molar-refractivity contribution in [2.75, 3.05) is 6.61 Å². The summed E-state index contributed by atoms with van der Waals surface area (Å²) >= 11 is 1.38. The predicted molar refractivity (Wildman–Crippen MR) is 80.3 cm³/mol. The highest BCUT2D eigenvalue weighted by Gasteiger charge is 2.09. The first kappa shape index (κ1) is 15.0. The van der Waals surface area contributed by atoms with Gasteiger partial charge in [0, 0.05) is 16.8 Å². The lowest BCUT2D eigenvalue weighted by Crippen LogP contribution is -2.17. The van der Waals surface area contributed by atoms with Crippen LogP contribution in [0.15, 0.2) is 34.6 Å².